The smallest absolute Gasteiger partial charge is 0.320 e. The zero-order valence-corrected chi connectivity index (χ0v) is 13.9. The number of nitrogens with one attached hydrogen (secondary N) is 1. The molecule has 0 spiro atoms. The molecule has 1 amide bonds. The number of ether oxygens (including phenoxy) is 1. The Bertz CT molecular complexity index is 682. The number of aryl methyl sites for hydroxylation is 1. The van der Waals surface area contributed by atoms with E-state index in [1.165, 1.54) is 11.3 Å². The summed E-state index contributed by atoms with van der Waals surface area (Å²) in [7, 11) is 1.62. The number of amides is 1. The SMILES string of the molecule is COc1cc(CCNC(=O)C(C(=O)O)c2ccsc2)ccc1C. The van der Waals surface area contributed by atoms with Crippen LogP contribution in [0.2, 0.25) is 0 Å². The maximum absolute atomic E-state index is 12.1. The Morgan fingerprint density at radius 1 is 1.35 bits per heavy atom. The third kappa shape index (κ3) is 4.32. The molecule has 1 unspecified atom stereocenters. The highest BCUT2D eigenvalue weighted by molar-refractivity contribution is 7.08. The Labute approximate surface area is 138 Å². The van der Waals surface area contributed by atoms with Gasteiger partial charge in [-0.05, 0) is 52.9 Å². The van der Waals surface area contributed by atoms with E-state index in [9.17, 15) is 14.7 Å². The summed E-state index contributed by atoms with van der Waals surface area (Å²) in [5.41, 5.74) is 2.58. The van der Waals surface area contributed by atoms with Crippen LogP contribution in [-0.4, -0.2) is 30.6 Å². The lowest BCUT2D eigenvalue weighted by atomic mass is 10.0. The highest BCUT2D eigenvalue weighted by Crippen LogP contribution is 2.20. The topological polar surface area (TPSA) is 75.6 Å². The van der Waals surface area contributed by atoms with Gasteiger partial charge in [-0.25, -0.2) is 0 Å². The number of aliphatic carboxylic acids is 1. The molecule has 23 heavy (non-hydrogen) atoms. The van der Waals surface area contributed by atoms with Gasteiger partial charge in [-0.2, -0.15) is 11.3 Å². The predicted octanol–water partition coefficient (Wildman–Crippen LogP) is 2.59. The largest absolute Gasteiger partial charge is 0.496 e. The van der Waals surface area contributed by atoms with Gasteiger partial charge >= 0.3 is 5.97 Å². The van der Waals surface area contributed by atoms with Gasteiger partial charge in [-0.1, -0.05) is 12.1 Å². The molecule has 1 heterocycles. The van der Waals surface area contributed by atoms with Crippen LogP contribution in [0.15, 0.2) is 35.0 Å². The fourth-order valence-corrected chi connectivity index (χ4v) is 2.98. The number of benzene rings is 1. The van der Waals surface area contributed by atoms with Crippen molar-refractivity contribution in [3.63, 3.8) is 0 Å². The third-order valence-corrected chi connectivity index (χ3v) is 4.27. The maximum Gasteiger partial charge on any atom is 0.320 e. The van der Waals surface area contributed by atoms with Crippen LogP contribution < -0.4 is 10.1 Å². The van der Waals surface area contributed by atoms with E-state index in [2.05, 4.69) is 5.32 Å². The van der Waals surface area contributed by atoms with Crippen molar-refractivity contribution in [2.75, 3.05) is 13.7 Å². The number of carboxylic acids is 1. The summed E-state index contributed by atoms with van der Waals surface area (Å²) in [6.45, 7) is 2.33. The number of rotatable bonds is 7. The van der Waals surface area contributed by atoms with Gasteiger partial charge in [0.1, 0.15) is 5.75 Å². The van der Waals surface area contributed by atoms with Gasteiger partial charge in [0.25, 0.3) is 0 Å². The Kier molecular flexibility index (Phi) is 5.76. The summed E-state index contributed by atoms with van der Waals surface area (Å²) < 4.78 is 5.27. The highest BCUT2D eigenvalue weighted by atomic mass is 32.1. The lowest BCUT2D eigenvalue weighted by molar-refractivity contribution is -0.143. The number of hydrogen-bond acceptors (Lipinski definition) is 4. The van der Waals surface area contributed by atoms with Gasteiger partial charge in [0, 0.05) is 6.54 Å². The fraction of sp³-hybridized carbons (Fsp3) is 0.294. The van der Waals surface area contributed by atoms with Crippen molar-refractivity contribution in [2.24, 2.45) is 0 Å². The highest BCUT2D eigenvalue weighted by Gasteiger charge is 2.28. The molecule has 0 aliphatic carbocycles. The van der Waals surface area contributed by atoms with E-state index in [-0.39, 0.29) is 0 Å². The Morgan fingerprint density at radius 2 is 2.13 bits per heavy atom. The van der Waals surface area contributed by atoms with Crippen LogP contribution in [0.1, 0.15) is 22.6 Å². The number of carbonyl (C=O) groups excluding carboxylic acids is 1. The first-order valence-electron chi connectivity index (χ1n) is 7.19. The zero-order chi connectivity index (χ0) is 16.8. The molecular weight excluding hydrogens is 314 g/mol. The molecule has 0 fully saturated rings. The molecule has 0 bridgehead atoms. The number of carboxylic acid groups (broad SMARTS) is 1. The zero-order valence-electron chi connectivity index (χ0n) is 13.0. The molecule has 1 aromatic heterocycles. The quantitative estimate of drug-likeness (QED) is 0.764. The molecule has 1 aromatic carbocycles. The van der Waals surface area contributed by atoms with Crippen LogP contribution in [0.3, 0.4) is 0 Å². The lowest BCUT2D eigenvalue weighted by Crippen LogP contribution is -2.34. The Morgan fingerprint density at radius 3 is 2.74 bits per heavy atom. The molecule has 2 N–H and O–H groups in total. The summed E-state index contributed by atoms with van der Waals surface area (Å²) >= 11 is 1.37. The van der Waals surface area contributed by atoms with Crippen molar-refractivity contribution in [3.05, 3.63) is 51.7 Å². The first-order chi connectivity index (χ1) is 11.0. The first-order valence-corrected chi connectivity index (χ1v) is 8.13. The van der Waals surface area contributed by atoms with E-state index in [1.54, 1.807) is 23.9 Å². The third-order valence-electron chi connectivity index (χ3n) is 3.57. The van der Waals surface area contributed by atoms with Gasteiger partial charge < -0.3 is 15.2 Å². The Hall–Kier alpha value is -2.34. The van der Waals surface area contributed by atoms with Crippen molar-refractivity contribution in [1.29, 1.82) is 0 Å². The molecule has 2 aromatic rings. The number of methoxy groups -OCH3 is 1. The normalized spacial score (nSPS) is 11.7. The second-order valence-electron chi connectivity index (χ2n) is 5.17. The van der Waals surface area contributed by atoms with Crippen LogP contribution in [0.5, 0.6) is 5.75 Å². The van der Waals surface area contributed by atoms with E-state index in [0.29, 0.717) is 18.5 Å². The standard InChI is InChI=1S/C17H19NO4S/c1-11-3-4-12(9-14(11)22-2)5-7-18-16(19)15(17(20)21)13-6-8-23-10-13/h3-4,6,8-10,15H,5,7H2,1-2H3,(H,18,19)(H,20,21). The minimum absolute atomic E-state index is 0.374. The van der Waals surface area contributed by atoms with Crippen LogP contribution in [0, 0.1) is 6.92 Å². The van der Waals surface area contributed by atoms with E-state index >= 15 is 0 Å². The summed E-state index contributed by atoms with van der Waals surface area (Å²) in [6.07, 6.45) is 0.609. The monoisotopic (exact) mass is 333 g/mol. The molecule has 0 radical (unpaired) electrons. The minimum atomic E-state index is -1.16. The van der Waals surface area contributed by atoms with Gasteiger partial charge in [0.15, 0.2) is 5.92 Å². The van der Waals surface area contributed by atoms with Gasteiger partial charge in [0.2, 0.25) is 5.91 Å². The molecule has 0 saturated heterocycles. The summed E-state index contributed by atoms with van der Waals surface area (Å²) in [4.78, 5) is 23.5. The van der Waals surface area contributed by atoms with Crippen molar-refractivity contribution in [1.82, 2.24) is 5.32 Å². The fourth-order valence-electron chi connectivity index (χ4n) is 2.30. The number of hydrogen-bond donors (Lipinski definition) is 2. The molecule has 0 aliphatic rings. The van der Waals surface area contributed by atoms with Crippen molar-refractivity contribution < 1.29 is 19.4 Å². The van der Waals surface area contributed by atoms with E-state index in [4.69, 9.17) is 4.74 Å². The second-order valence-corrected chi connectivity index (χ2v) is 5.95. The van der Waals surface area contributed by atoms with E-state index in [1.807, 2.05) is 25.1 Å². The molecule has 1 atom stereocenters. The first kappa shape index (κ1) is 17.0. The number of carbonyl (C=O) groups is 2. The maximum atomic E-state index is 12.1. The van der Waals surface area contributed by atoms with Crippen molar-refractivity contribution >= 4 is 23.2 Å². The molecule has 5 nitrogen and oxygen atoms in total. The number of thiophene rings is 1. The molecule has 122 valence electrons. The molecular formula is C17H19NO4S. The predicted molar refractivity (Wildman–Crippen MR) is 89.1 cm³/mol. The van der Waals surface area contributed by atoms with Crippen LogP contribution >= 0.6 is 11.3 Å². The summed E-state index contributed by atoms with van der Waals surface area (Å²) in [5, 5.41) is 15.4. The lowest BCUT2D eigenvalue weighted by Gasteiger charge is -2.12. The van der Waals surface area contributed by atoms with E-state index in [0.717, 1.165) is 16.9 Å². The van der Waals surface area contributed by atoms with Gasteiger partial charge in [0.05, 0.1) is 7.11 Å². The van der Waals surface area contributed by atoms with Crippen LogP contribution in [0.4, 0.5) is 0 Å². The second kappa shape index (κ2) is 7.78. The Balaban J connectivity index is 1.95. The van der Waals surface area contributed by atoms with Crippen molar-refractivity contribution in [2.45, 2.75) is 19.3 Å². The molecule has 0 aliphatic heterocycles. The molecule has 6 heteroatoms. The van der Waals surface area contributed by atoms with Crippen LogP contribution in [0.25, 0.3) is 0 Å². The minimum Gasteiger partial charge on any atom is -0.496 e. The van der Waals surface area contributed by atoms with E-state index < -0.39 is 17.8 Å². The van der Waals surface area contributed by atoms with Crippen molar-refractivity contribution in [3.8, 4) is 5.75 Å². The van der Waals surface area contributed by atoms with Gasteiger partial charge in [-0.15, -0.1) is 0 Å². The molecule has 2 rings (SSSR count). The van der Waals surface area contributed by atoms with Crippen LogP contribution in [-0.2, 0) is 16.0 Å². The average Bonchev–Trinajstić information content (AvgIpc) is 3.02. The summed E-state index contributed by atoms with van der Waals surface area (Å²) in [6, 6.07) is 7.52. The van der Waals surface area contributed by atoms with Gasteiger partial charge in [-0.3, -0.25) is 9.59 Å². The molecule has 0 saturated carbocycles. The summed E-state index contributed by atoms with van der Waals surface area (Å²) in [5.74, 6) is -1.99. The average molecular weight is 333 g/mol.